The Morgan fingerprint density at radius 3 is 1.56 bits per heavy atom. The Morgan fingerprint density at radius 1 is 0.630 bits per heavy atom. The highest BCUT2D eigenvalue weighted by molar-refractivity contribution is 6.04. The van der Waals surface area contributed by atoms with E-state index < -0.39 is 35.1 Å². The lowest BCUT2D eigenvalue weighted by Gasteiger charge is -2.30. The van der Waals surface area contributed by atoms with Gasteiger partial charge >= 0.3 is 18.0 Å². The van der Waals surface area contributed by atoms with Crippen molar-refractivity contribution >= 4 is 29.8 Å². The zero-order chi connectivity index (χ0) is 58.8. The van der Waals surface area contributed by atoms with E-state index in [1.165, 1.54) is 98.4 Å². The molecule has 21 nitrogen and oxygen atoms in total. The number of rotatable bonds is 9. The number of nitrogens with two attached hydrogens (primary N) is 1. The average molecular weight is 1120 g/mol. The first-order valence-electron chi connectivity index (χ1n) is 25.4. The number of amides is 1. The van der Waals surface area contributed by atoms with Gasteiger partial charge in [-0.25, -0.2) is 38.0 Å². The number of aliphatic imine (C=N–C) groups is 1. The number of halogens is 4. The van der Waals surface area contributed by atoms with Gasteiger partial charge in [0.25, 0.3) is 11.8 Å². The lowest BCUT2D eigenvalue weighted by Crippen LogP contribution is -2.34. The second kappa shape index (κ2) is 29.2. The molecule has 3 aliphatic rings. The normalized spacial score (nSPS) is 14.0. The van der Waals surface area contributed by atoms with Crippen molar-refractivity contribution in [3.8, 4) is 11.5 Å². The molecule has 2 fully saturated rings. The third kappa shape index (κ3) is 18.5. The minimum Gasteiger partial charge on any atom is -0.465 e. The summed E-state index contributed by atoms with van der Waals surface area (Å²) in [6, 6.07) is 19.5. The number of esters is 2. The maximum Gasteiger partial charge on any atom is 0.339 e. The Kier molecular flexibility index (Phi) is 22.0. The fourth-order valence-corrected chi connectivity index (χ4v) is 8.54. The van der Waals surface area contributed by atoms with E-state index in [0.29, 0.717) is 58.0 Å². The molecule has 4 N–H and O–H groups in total. The summed E-state index contributed by atoms with van der Waals surface area (Å²) in [5.41, 5.74) is 4.96. The molecule has 1 amide bonds. The highest BCUT2D eigenvalue weighted by Crippen LogP contribution is 2.28. The minimum atomic E-state index is -0.538. The zero-order valence-electron chi connectivity index (χ0n) is 45.1. The van der Waals surface area contributed by atoms with Crippen LogP contribution in [0.2, 0.25) is 0 Å². The molecule has 10 rings (SSSR count). The summed E-state index contributed by atoms with van der Waals surface area (Å²) in [6.07, 6.45) is 11.5. The van der Waals surface area contributed by atoms with Crippen molar-refractivity contribution in [1.29, 1.82) is 0 Å². The van der Waals surface area contributed by atoms with Crippen molar-refractivity contribution in [2.24, 2.45) is 50.9 Å². The maximum absolute atomic E-state index is 13.4. The Bertz CT molecular complexity index is 3490. The van der Waals surface area contributed by atoms with Gasteiger partial charge in [0.15, 0.2) is 0 Å². The van der Waals surface area contributed by atoms with Crippen LogP contribution in [0, 0.1) is 35.1 Å². The van der Waals surface area contributed by atoms with Crippen molar-refractivity contribution in [2.45, 2.75) is 38.5 Å². The van der Waals surface area contributed by atoms with Crippen molar-refractivity contribution in [2.75, 3.05) is 44.7 Å². The van der Waals surface area contributed by atoms with E-state index in [1.54, 1.807) is 52.7 Å². The summed E-state index contributed by atoms with van der Waals surface area (Å²) in [5.74, 6) is 3.23. The number of carbonyl (C=O) groups is 3. The molecule has 0 saturated carbocycles. The highest BCUT2D eigenvalue weighted by atomic mass is 19.1. The number of nitrogens with one attached hydrogen (secondary N) is 2. The molecule has 3 aliphatic heterocycles. The van der Waals surface area contributed by atoms with E-state index in [-0.39, 0.29) is 40.6 Å². The quantitative estimate of drug-likeness (QED) is 0.0590. The number of nitrogen functional groups attached to an aromatic ring is 1. The summed E-state index contributed by atoms with van der Waals surface area (Å²) in [7, 11) is 7.74. The molecule has 0 unspecified atom stereocenters. The third-order valence-corrected chi connectivity index (χ3v) is 12.9. The van der Waals surface area contributed by atoms with Gasteiger partial charge in [-0.15, -0.1) is 5.10 Å². The largest absolute Gasteiger partial charge is 0.465 e. The van der Waals surface area contributed by atoms with Crippen LogP contribution in [0.3, 0.4) is 0 Å². The number of cyclic esters (lactones) is 1. The molecule has 7 aromatic rings. The van der Waals surface area contributed by atoms with Gasteiger partial charge in [-0.2, -0.15) is 0 Å². The number of benzene rings is 2. The van der Waals surface area contributed by atoms with Crippen LogP contribution in [0.5, 0.6) is 0 Å². The van der Waals surface area contributed by atoms with E-state index in [1.807, 2.05) is 10.3 Å². The number of pyridine rings is 4. The molecule has 0 atom stereocenters. The molecule has 428 valence electrons. The average Bonchev–Trinajstić information content (AvgIpc) is 4.14. The second-order valence-corrected chi connectivity index (χ2v) is 19.0. The lowest BCUT2D eigenvalue weighted by atomic mass is 9.90. The lowest BCUT2D eigenvalue weighted by molar-refractivity contribution is -0.132. The molecule has 0 bridgehead atoms. The third-order valence-electron chi connectivity index (χ3n) is 12.9. The number of ether oxygens (including phenoxy) is 2. The van der Waals surface area contributed by atoms with Crippen LogP contribution in [0.25, 0.3) is 11.5 Å². The first kappa shape index (κ1) is 61.1. The number of hydrazine groups is 1. The number of hydrogen-bond acceptors (Lipinski definition) is 16. The Hall–Kier alpha value is -9.10. The van der Waals surface area contributed by atoms with Crippen LogP contribution in [0.15, 0.2) is 138 Å². The number of aryl methyl sites for hydroxylation is 4. The summed E-state index contributed by atoms with van der Waals surface area (Å²) >= 11 is 0. The van der Waals surface area contributed by atoms with E-state index in [9.17, 15) is 51.1 Å². The molecule has 25 heteroatoms. The topological polar surface area (TPSA) is 262 Å². The molecule has 0 aliphatic carbocycles. The first-order valence-corrected chi connectivity index (χ1v) is 25.4. The molecule has 2 aromatic carbocycles. The minimum absolute atomic E-state index is 0.0537. The van der Waals surface area contributed by atoms with Crippen molar-refractivity contribution in [3.05, 3.63) is 202 Å². The molecular formula is C56H61F4N11O10. The molecule has 5 aromatic heterocycles. The number of anilines is 1. The number of nitrogens with zero attached hydrogens (tertiary/aromatic N) is 8. The van der Waals surface area contributed by atoms with Crippen LogP contribution >= 0.6 is 0 Å². The highest BCUT2D eigenvalue weighted by Gasteiger charge is 2.24. The van der Waals surface area contributed by atoms with E-state index in [4.69, 9.17) is 15.0 Å². The Morgan fingerprint density at radius 2 is 1.09 bits per heavy atom. The SMILES string of the molecule is COC(=O)c1ccc(=O)n(C)c1.Cn1cc(-c2nnc(N3CCC(Cc4cc(F)cc(F)c4)CC3)o2)ccc1=O.Cn1cc(C(=O)NN)ccc1=O.Cn1cc(C2=NCC(=O)O2)ccc1=O.Fc1cc(F)cc(CC2CCNCC2)c1. The van der Waals surface area contributed by atoms with Gasteiger partial charge < -0.3 is 42.4 Å². The van der Waals surface area contributed by atoms with E-state index >= 15 is 0 Å². The number of hydrogen-bond donors (Lipinski definition) is 3. The maximum atomic E-state index is 13.4. The summed E-state index contributed by atoms with van der Waals surface area (Å²) in [6.45, 7) is 3.55. The van der Waals surface area contributed by atoms with Gasteiger partial charge in [-0.05, 0) is 123 Å². The van der Waals surface area contributed by atoms with Crippen LogP contribution < -0.4 is 43.7 Å². The van der Waals surface area contributed by atoms with Gasteiger partial charge in [-0.1, -0.05) is 5.10 Å². The van der Waals surface area contributed by atoms with Gasteiger partial charge in [0.1, 0.15) is 29.8 Å². The first-order chi connectivity index (χ1) is 38.7. The Balaban J connectivity index is 0.000000172. The standard InChI is InChI=1S/C20H20F2N4O2.C12H15F2N.C9H8N2O3.C8H9NO3.C7H9N3O2/c1-25-12-15(2-3-18(25)27)19-23-24-20(28-19)26-6-4-13(5-7-26)8-14-9-16(21)11-17(22)10-14;13-11-6-10(7-12(14)8-11)5-9-1-3-15-4-2-9;1-11-5-6(2-3-7(11)12)9-10-4-8(13)14-9;1-9-5-6(8(11)12-2)3-4-7(9)10;1-10-4-5(7(12)9-8)2-3-6(10)11/h2-3,9-13H,4-8H2,1H3;6-9,15H,1-5H2;2-3,5H,4H2,1H3;3-5H,1-2H3;2-4H,8H2,1H3,(H,9,12). The van der Waals surface area contributed by atoms with Crippen molar-refractivity contribution < 1.29 is 45.8 Å². The molecule has 0 spiro atoms. The van der Waals surface area contributed by atoms with Crippen LogP contribution in [-0.2, 0) is 55.3 Å². The summed E-state index contributed by atoms with van der Waals surface area (Å²) in [4.78, 5) is 82.9. The number of methoxy groups -OCH3 is 1. The fourth-order valence-electron chi connectivity index (χ4n) is 8.54. The molecular weight excluding hydrogens is 1060 g/mol. The fraction of sp³-hybridized carbons (Fsp3) is 0.321. The number of piperidine rings is 2. The smallest absolute Gasteiger partial charge is 0.339 e. The van der Waals surface area contributed by atoms with Crippen LogP contribution in [-0.4, -0.2) is 92.0 Å². The molecule has 81 heavy (non-hydrogen) atoms. The van der Waals surface area contributed by atoms with Crippen LogP contribution in [0.1, 0.15) is 63.1 Å². The Labute approximate surface area is 461 Å². The number of aromatic nitrogens is 6. The molecule has 0 radical (unpaired) electrons. The summed E-state index contributed by atoms with van der Waals surface area (Å²) in [5, 5.41) is 11.5. The van der Waals surface area contributed by atoms with Crippen molar-refractivity contribution in [1.82, 2.24) is 39.2 Å². The second-order valence-electron chi connectivity index (χ2n) is 19.0. The predicted molar refractivity (Wildman–Crippen MR) is 291 cm³/mol. The number of carbonyl (C=O) groups excluding carboxylic acids is 3. The van der Waals surface area contributed by atoms with E-state index in [0.717, 1.165) is 76.0 Å². The van der Waals surface area contributed by atoms with Crippen LogP contribution in [0.4, 0.5) is 23.6 Å². The predicted octanol–water partition coefficient (Wildman–Crippen LogP) is 4.53. The molecule has 8 heterocycles. The van der Waals surface area contributed by atoms with Gasteiger partial charge in [0, 0.05) is 102 Å². The van der Waals surface area contributed by atoms with E-state index in [2.05, 4.69) is 25.2 Å². The van der Waals surface area contributed by atoms with Gasteiger partial charge in [-0.3, -0.25) is 29.4 Å². The zero-order valence-corrected chi connectivity index (χ0v) is 45.1. The van der Waals surface area contributed by atoms with Crippen molar-refractivity contribution in [3.63, 3.8) is 0 Å². The summed E-state index contributed by atoms with van der Waals surface area (Å²) < 4.78 is 73.2. The monoisotopic (exact) mass is 1120 g/mol. The van der Waals surface area contributed by atoms with Gasteiger partial charge in [0.2, 0.25) is 28.1 Å². The van der Waals surface area contributed by atoms with Gasteiger partial charge in [0.05, 0.1) is 29.4 Å². The molecule has 2 saturated heterocycles.